The van der Waals surface area contributed by atoms with Gasteiger partial charge in [0.1, 0.15) is 6.04 Å². The maximum absolute atomic E-state index is 13.7. The van der Waals surface area contributed by atoms with Crippen molar-refractivity contribution in [1.82, 2.24) is 30.0 Å². The summed E-state index contributed by atoms with van der Waals surface area (Å²) in [4.78, 5) is 52.4. The standard InChI is InChI=1S/C31H29N9O3/c1-16-13-33-31(36-25-12-17(2)39(3)38-25)37-27(16)20-14-32-28-18(20)6-5-9-24(28)40-15-21-19(30(40)43)7-4-8-22(21)35-29(42)23-10-11-26(41)34-23/h4-9,12-14,23,32H,10-11,15H2,1-3H3,(H,34,41)(H,35,42)(H,33,36,37,38)/t23-/m1/s1. The van der Waals surface area contributed by atoms with Crippen LogP contribution in [0.2, 0.25) is 0 Å². The third-order valence-electron chi connectivity index (χ3n) is 8.10. The molecule has 3 aromatic heterocycles. The highest BCUT2D eigenvalue weighted by Gasteiger charge is 2.33. The SMILES string of the molecule is Cc1cnc(Nc2cc(C)n(C)n2)nc1-c1c[nH]c2c(N3Cc4c(NC(=O)[C@H]5CCC(=O)N5)cccc4C3=O)cccc12. The van der Waals surface area contributed by atoms with Gasteiger partial charge in [0.05, 0.1) is 23.4 Å². The zero-order chi connectivity index (χ0) is 29.8. The van der Waals surface area contributed by atoms with Crippen LogP contribution >= 0.6 is 0 Å². The second-order valence-electron chi connectivity index (χ2n) is 10.9. The Bertz CT molecular complexity index is 1940. The molecule has 0 aliphatic carbocycles. The van der Waals surface area contributed by atoms with Crippen molar-refractivity contribution in [3.63, 3.8) is 0 Å². The largest absolute Gasteiger partial charge is 0.359 e. The summed E-state index contributed by atoms with van der Waals surface area (Å²) in [5.74, 6) is 0.520. The number of nitrogens with zero attached hydrogens (tertiary/aromatic N) is 5. The molecule has 0 saturated carbocycles. The Morgan fingerprint density at radius 2 is 1.93 bits per heavy atom. The third kappa shape index (κ3) is 4.56. The van der Waals surface area contributed by atoms with Gasteiger partial charge in [-0.25, -0.2) is 9.97 Å². The number of nitrogens with one attached hydrogen (secondary N) is 4. The van der Waals surface area contributed by atoms with Gasteiger partial charge in [-0.1, -0.05) is 18.2 Å². The van der Waals surface area contributed by atoms with E-state index in [1.54, 1.807) is 34.0 Å². The normalized spacial score (nSPS) is 16.1. The van der Waals surface area contributed by atoms with E-state index >= 15 is 0 Å². The Balaban J connectivity index is 1.19. The molecule has 1 atom stereocenters. The number of hydrogen-bond donors (Lipinski definition) is 4. The fourth-order valence-electron chi connectivity index (χ4n) is 5.75. The highest BCUT2D eigenvalue weighted by molar-refractivity contribution is 6.16. The van der Waals surface area contributed by atoms with Gasteiger partial charge >= 0.3 is 0 Å². The summed E-state index contributed by atoms with van der Waals surface area (Å²) in [6, 6.07) is 12.5. The Labute approximate surface area is 246 Å². The van der Waals surface area contributed by atoms with E-state index in [-0.39, 0.29) is 17.7 Å². The molecule has 7 rings (SSSR count). The van der Waals surface area contributed by atoms with Gasteiger partial charge in [0.15, 0.2) is 5.82 Å². The summed E-state index contributed by atoms with van der Waals surface area (Å²) < 4.78 is 1.78. The van der Waals surface area contributed by atoms with Gasteiger partial charge in [0.25, 0.3) is 5.91 Å². The average molecular weight is 576 g/mol. The highest BCUT2D eigenvalue weighted by Crippen LogP contribution is 2.39. The maximum atomic E-state index is 13.7. The number of rotatable bonds is 6. The van der Waals surface area contributed by atoms with Gasteiger partial charge in [-0.15, -0.1) is 0 Å². The van der Waals surface area contributed by atoms with Crippen LogP contribution in [0.15, 0.2) is 54.9 Å². The number of fused-ring (bicyclic) bond motifs is 2. The molecule has 1 fully saturated rings. The molecule has 12 nitrogen and oxygen atoms in total. The van der Waals surface area contributed by atoms with Crippen molar-refractivity contribution in [2.75, 3.05) is 15.5 Å². The minimum Gasteiger partial charge on any atom is -0.359 e. The van der Waals surface area contributed by atoms with Crippen LogP contribution in [0.1, 0.15) is 40.0 Å². The summed E-state index contributed by atoms with van der Waals surface area (Å²) in [7, 11) is 1.88. The number of H-pyrrole nitrogens is 1. The molecule has 0 unspecified atom stereocenters. The first-order valence-electron chi connectivity index (χ1n) is 14.0. The number of benzene rings is 2. The van der Waals surface area contributed by atoms with Gasteiger partial charge in [0.2, 0.25) is 17.8 Å². The summed E-state index contributed by atoms with van der Waals surface area (Å²) in [6.07, 6.45) is 4.45. The molecule has 1 saturated heterocycles. The van der Waals surface area contributed by atoms with E-state index in [1.807, 2.05) is 51.4 Å². The molecule has 2 aliphatic rings. The quantitative estimate of drug-likeness (QED) is 0.238. The number of aromatic amines is 1. The van der Waals surface area contributed by atoms with E-state index in [0.29, 0.717) is 42.4 Å². The van der Waals surface area contributed by atoms with Crippen LogP contribution in [0, 0.1) is 13.8 Å². The first-order chi connectivity index (χ1) is 20.8. The molecule has 0 radical (unpaired) electrons. The number of carbonyl (C=O) groups is 3. The summed E-state index contributed by atoms with van der Waals surface area (Å²) >= 11 is 0. The van der Waals surface area contributed by atoms with Crippen molar-refractivity contribution in [3.05, 3.63) is 77.2 Å². The topological polar surface area (TPSA) is 150 Å². The summed E-state index contributed by atoms with van der Waals surface area (Å²) in [5, 5.41) is 14.2. The molecule has 12 heteroatoms. The second kappa shape index (κ2) is 10.1. The first-order valence-corrected chi connectivity index (χ1v) is 14.0. The molecule has 5 heterocycles. The van der Waals surface area contributed by atoms with Crippen molar-refractivity contribution in [2.45, 2.75) is 39.3 Å². The van der Waals surface area contributed by atoms with Crippen molar-refractivity contribution >= 4 is 51.8 Å². The van der Waals surface area contributed by atoms with Crippen LogP contribution in [0.3, 0.4) is 0 Å². The maximum Gasteiger partial charge on any atom is 0.259 e. The lowest BCUT2D eigenvalue weighted by atomic mass is 10.1. The molecule has 216 valence electrons. The van der Waals surface area contributed by atoms with E-state index in [2.05, 4.69) is 31.0 Å². The first kappa shape index (κ1) is 26.4. The van der Waals surface area contributed by atoms with Crippen molar-refractivity contribution in [2.24, 2.45) is 7.05 Å². The van der Waals surface area contributed by atoms with Crippen LogP contribution < -0.4 is 20.9 Å². The van der Waals surface area contributed by atoms with Crippen molar-refractivity contribution in [1.29, 1.82) is 0 Å². The number of anilines is 4. The van der Waals surface area contributed by atoms with Gasteiger partial charge in [-0.3, -0.25) is 19.1 Å². The number of carbonyl (C=O) groups excluding carboxylic acids is 3. The van der Waals surface area contributed by atoms with Crippen LogP contribution in [-0.2, 0) is 23.2 Å². The number of amides is 3. The highest BCUT2D eigenvalue weighted by atomic mass is 16.2. The van der Waals surface area contributed by atoms with E-state index in [1.165, 1.54) is 0 Å². The number of para-hydroxylation sites is 1. The van der Waals surface area contributed by atoms with Crippen LogP contribution in [0.5, 0.6) is 0 Å². The van der Waals surface area contributed by atoms with E-state index in [9.17, 15) is 14.4 Å². The molecule has 2 aromatic carbocycles. The minimum absolute atomic E-state index is 0.133. The zero-order valence-electron chi connectivity index (χ0n) is 23.9. The van der Waals surface area contributed by atoms with E-state index in [4.69, 9.17) is 4.98 Å². The molecule has 5 aromatic rings. The lowest BCUT2D eigenvalue weighted by Crippen LogP contribution is -2.37. The van der Waals surface area contributed by atoms with E-state index in [0.717, 1.165) is 44.7 Å². The smallest absolute Gasteiger partial charge is 0.259 e. The fraction of sp³-hybridized carbons (Fsp3) is 0.226. The molecule has 0 bridgehead atoms. The summed E-state index contributed by atoms with van der Waals surface area (Å²) in [6.45, 7) is 4.22. The lowest BCUT2D eigenvalue weighted by Gasteiger charge is -2.17. The molecule has 0 spiro atoms. The van der Waals surface area contributed by atoms with Crippen LogP contribution in [0.25, 0.3) is 22.2 Å². The Morgan fingerprint density at radius 3 is 2.70 bits per heavy atom. The van der Waals surface area contributed by atoms with Crippen LogP contribution in [0.4, 0.5) is 23.1 Å². The second-order valence-corrected chi connectivity index (χ2v) is 10.9. The number of aromatic nitrogens is 5. The van der Waals surface area contributed by atoms with Gasteiger partial charge in [-0.2, -0.15) is 5.10 Å². The van der Waals surface area contributed by atoms with Crippen molar-refractivity contribution in [3.8, 4) is 11.3 Å². The Morgan fingerprint density at radius 1 is 1.09 bits per heavy atom. The van der Waals surface area contributed by atoms with Gasteiger partial charge < -0.3 is 25.8 Å². The van der Waals surface area contributed by atoms with E-state index < -0.39 is 6.04 Å². The monoisotopic (exact) mass is 575 g/mol. The molecule has 43 heavy (non-hydrogen) atoms. The lowest BCUT2D eigenvalue weighted by molar-refractivity contribution is -0.122. The summed E-state index contributed by atoms with van der Waals surface area (Å²) in [5.41, 5.74) is 6.90. The minimum atomic E-state index is -0.573. The fourth-order valence-corrected chi connectivity index (χ4v) is 5.75. The van der Waals surface area contributed by atoms with Crippen LogP contribution in [-0.4, -0.2) is 48.5 Å². The zero-order valence-corrected chi connectivity index (χ0v) is 23.9. The molecular formula is C31H29N9O3. The number of hydrogen-bond acceptors (Lipinski definition) is 7. The Kier molecular flexibility index (Phi) is 6.19. The van der Waals surface area contributed by atoms with Crippen molar-refractivity contribution < 1.29 is 14.4 Å². The molecule has 2 aliphatic heterocycles. The van der Waals surface area contributed by atoms with Gasteiger partial charge in [0, 0.05) is 65.4 Å². The average Bonchev–Trinajstić information content (AvgIpc) is 3.77. The molecule has 3 amide bonds. The molecule has 4 N–H and O–H groups in total. The third-order valence-corrected chi connectivity index (χ3v) is 8.10. The number of aryl methyl sites for hydroxylation is 3. The molecular weight excluding hydrogens is 546 g/mol. The van der Waals surface area contributed by atoms with Gasteiger partial charge in [-0.05, 0) is 44.0 Å². The Hall–Kier alpha value is -5.52. The predicted molar refractivity (Wildman–Crippen MR) is 162 cm³/mol. The predicted octanol–water partition coefficient (Wildman–Crippen LogP) is 4.10.